The summed E-state index contributed by atoms with van der Waals surface area (Å²) >= 11 is 0. The Morgan fingerprint density at radius 1 is 1.61 bits per heavy atom. The fraction of sp³-hybridized carbons (Fsp3) is 0.385. The normalized spacial score (nSPS) is 13.8. The van der Waals surface area contributed by atoms with Gasteiger partial charge >= 0.3 is 5.97 Å². The first kappa shape index (κ1) is 12.2. The lowest BCUT2D eigenvalue weighted by Crippen LogP contribution is -2.32. The minimum atomic E-state index is -0.895. The van der Waals surface area contributed by atoms with Crippen LogP contribution in [-0.2, 0) is 4.79 Å². The number of hydrogen-bond donors (Lipinski definition) is 1. The molecule has 1 N–H and O–H groups in total. The van der Waals surface area contributed by atoms with Crippen molar-refractivity contribution in [2.45, 2.75) is 18.9 Å². The van der Waals surface area contributed by atoms with Crippen molar-refractivity contribution in [2.24, 2.45) is 0 Å². The molecule has 1 fully saturated rings. The van der Waals surface area contributed by atoms with Crippen molar-refractivity contribution in [2.75, 3.05) is 18.6 Å². The highest BCUT2D eigenvalue weighted by Crippen LogP contribution is 2.35. The fourth-order valence-corrected chi connectivity index (χ4v) is 1.91. The summed E-state index contributed by atoms with van der Waals surface area (Å²) in [4.78, 5) is 12.7. The van der Waals surface area contributed by atoms with Gasteiger partial charge in [-0.05, 0) is 25.0 Å². The van der Waals surface area contributed by atoms with Gasteiger partial charge in [-0.15, -0.1) is 0 Å². The summed E-state index contributed by atoms with van der Waals surface area (Å²) in [6.45, 7) is -0.0908. The molecule has 18 heavy (non-hydrogen) atoms. The zero-order valence-electron chi connectivity index (χ0n) is 10.1. The Morgan fingerprint density at radius 3 is 2.83 bits per heavy atom. The summed E-state index contributed by atoms with van der Waals surface area (Å²) < 4.78 is 5.13. The number of nitriles is 1. The van der Waals surface area contributed by atoms with E-state index in [1.165, 1.54) is 0 Å². The summed E-state index contributed by atoms with van der Waals surface area (Å²) in [5, 5.41) is 18.1. The van der Waals surface area contributed by atoms with Crippen molar-refractivity contribution in [3.63, 3.8) is 0 Å². The highest BCUT2D eigenvalue weighted by Gasteiger charge is 2.32. The van der Waals surface area contributed by atoms with Gasteiger partial charge in [0.2, 0.25) is 0 Å². The third-order valence-corrected chi connectivity index (χ3v) is 2.93. The topological polar surface area (TPSA) is 73.6 Å². The number of hydrogen-bond acceptors (Lipinski definition) is 4. The summed E-state index contributed by atoms with van der Waals surface area (Å²) in [6.07, 6.45) is 1.94. The van der Waals surface area contributed by atoms with Gasteiger partial charge < -0.3 is 14.7 Å². The van der Waals surface area contributed by atoms with Crippen molar-refractivity contribution >= 4 is 11.7 Å². The molecule has 0 aliphatic heterocycles. The molecule has 2 rings (SSSR count). The molecule has 0 unspecified atom stereocenters. The number of rotatable bonds is 5. The van der Waals surface area contributed by atoms with Crippen molar-refractivity contribution in [1.29, 1.82) is 5.26 Å². The number of carboxylic acids is 1. The predicted octanol–water partition coefficient (Wildman–Crippen LogP) is 1.62. The van der Waals surface area contributed by atoms with E-state index in [1.54, 1.807) is 30.2 Å². The van der Waals surface area contributed by atoms with Crippen LogP contribution in [0, 0.1) is 11.3 Å². The predicted molar refractivity (Wildman–Crippen MR) is 65.7 cm³/mol. The monoisotopic (exact) mass is 246 g/mol. The van der Waals surface area contributed by atoms with E-state index < -0.39 is 5.97 Å². The van der Waals surface area contributed by atoms with Crippen LogP contribution in [-0.4, -0.2) is 30.8 Å². The molecule has 1 aromatic carbocycles. The van der Waals surface area contributed by atoms with Crippen LogP contribution in [0.25, 0.3) is 0 Å². The van der Waals surface area contributed by atoms with E-state index in [-0.39, 0.29) is 12.6 Å². The Labute approximate surface area is 105 Å². The summed E-state index contributed by atoms with van der Waals surface area (Å²) in [7, 11) is 1.55. The molecule has 0 heterocycles. The van der Waals surface area contributed by atoms with Gasteiger partial charge in [0.15, 0.2) is 0 Å². The van der Waals surface area contributed by atoms with Gasteiger partial charge in [0.25, 0.3) is 0 Å². The van der Waals surface area contributed by atoms with Gasteiger partial charge in [-0.1, -0.05) is 0 Å². The second-order valence-electron chi connectivity index (χ2n) is 4.25. The maximum atomic E-state index is 10.9. The highest BCUT2D eigenvalue weighted by atomic mass is 16.5. The summed E-state index contributed by atoms with van der Waals surface area (Å²) in [6, 6.07) is 7.40. The first-order chi connectivity index (χ1) is 8.65. The largest absolute Gasteiger partial charge is 0.497 e. The van der Waals surface area contributed by atoms with Gasteiger partial charge in [-0.3, -0.25) is 4.79 Å². The van der Waals surface area contributed by atoms with Crippen LogP contribution in [0.15, 0.2) is 18.2 Å². The third kappa shape index (κ3) is 2.54. The molecule has 94 valence electrons. The van der Waals surface area contributed by atoms with Crippen LogP contribution in [0.1, 0.15) is 18.4 Å². The smallest absolute Gasteiger partial charge is 0.323 e. The summed E-state index contributed by atoms with van der Waals surface area (Å²) in [5.41, 5.74) is 1.12. The Balaban J connectivity index is 2.38. The Hall–Kier alpha value is -2.22. The molecule has 0 bridgehead atoms. The number of benzene rings is 1. The van der Waals surface area contributed by atoms with E-state index in [0.29, 0.717) is 17.0 Å². The first-order valence-corrected chi connectivity index (χ1v) is 5.72. The van der Waals surface area contributed by atoms with Crippen LogP contribution in [0.3, 0.4) is 0 Å². The van der Waals surface area contributed by atoms with E-state index in [4.69, 9.17) is 15.1 Å². The van der Waals surface area contributed by atoms with Crippen molar-refractivity contribution in [3.05, 3.63) is 23.8 Å². The molecule has 1 saturated carbocycles. The standard InChI is InChI=1S/C13H14N2O3/c1-18-11-5-2-9(7-14)12(6-11)15(8-13(16)17)10-3-4-10/h2,5-6,10H,3-4,8H2,1H3,(H,16,17). The molecule has 0 amide bonds. The number of carboxylic acid groups (broad SMARTS) is 1. The molecule has 0 aromatic heterocycles. The van der Waals surface area contributed by atoms with Crippen LogP contribution in [0.2, 0.25) is 0 Å². The van der Waals surface area contributed by atoms with Crippen LogP contribution in [0.4, 0.5) is 5.69 Å². The zero-order chi connectivity index (χ0) is 13.1. The molecule has 1 aliphatic rings. The zero-order valence-corrected chi connectivity index (χ0v) is 10.1. The average molecular weight is 246 g/mol. The highest BCUT2D eigenvalue weighted by molar-refractivity contribution is 5.76. The van der Waals surface area contributed by atoms with Gasteiger partial charge in [-0.2, -0.15) is 5.26 Å². The number of ether oxygens (including phenoxy) is 1. The molecular formula is C13H14N2O3. The Morgan fingerprint density at radius 2 is 2.33 bits per heavy atom. The lowest BCUT2D eigenvalue weighted by molar-refractivity contribution is -0.135. The summed E-state index contributed by atoms with van der Waals surface area (Å²) in [5.74, 6) is -0.270. The molecule has 5 nitrogen and oxygen atoms in total. The van der Waals surface area contributed by atoms with Gasteiger partial charge in [0.05, 0.1) is 18.4 Å². The number of anilines is 1. The number of methoxy groups -OCH3 is 1. The SMILES string of the molecule is COc1ccc(C#N)c(N(CC(=O)O)C2CC2)c1. The van der Waals surface area contributed by atoms with Gasteiger partial charge in [-0.25, -0.2) is 0 Å². The second-order valence-corrected chi connectivity index (χ2v) is 4.25. The second kappa shape index (κ2) is 4.96. The first-order valence-electron chi connectivity index (χ1n) is 5.72. The van der Waals surface area contributed by atoms with E-state index in [0.717, 1.165) is 12.8 Å². The average Bonchev–Trinajstić information content (AvgIpc) is 3.19. The maximum Gasteiger partial charge on any atom is 0.323 e. The number of nitrogens with zero attached hydrogens (tertiary/aromatic N) is 2. The molecule has 1 aromatic rings. The maximum absolute atomic E-state index is 10.9. The molecule has 5 heteroatoms. The number of aliphatic carboxylic acids is 1. The van der Waals surface area contributed by atoms with Crippen molar-refractivity contribution < 1.29 is 14.6 Å². The minimum absolute atomic E-state index is 0.0908. The Bertz CT molecular complexity index is 503. The van der Waals surface area contributed by atoms with E-state index in [9.17, 15) is 4.79 Å². The molecule has 0 radical (unpaired) electrons. The molecule has 1 aliphatic carbocycles. The quantitative estimate of drug-likeness (QED) is 0.854. The van der Waals surface area contributed by atoms with Crippen LogP contribution >= 0.6 is 0 Å². The molecule has 0 saturated heterocycles. The molecule has 0 atom stereocenters. The lowest BCUT2D eigenvalue weighted by Gasteiger charge is -2.24. The van der Waals surface area contributed by atoms with E-state index >= 15 is 0 Å². The molecule has 0 spiro atoms. The van der Waals surface area contributed by atoms with E-state index in [1.807, 2.05) is 0 Å². The van der Waals surface area contributed by atoms with Crippen LogP contribution in [0.5, 0.6) is 5.75 Å². The number of carbonyl (C=O) groups is 1. The van der Waals surface area contributed by atoms with Crippen molar-refractivity contribution in [3.8, 4) is 11.8 Å². The minimum Gasteiger partial charge on any atom is -0.497 e. The lowest BCUT2D eigenvalue weighted by atomic mass is 10.1. The molecular weight excluding hydrogens is 232 g/mol. The van der Waals surface area contributed by atoms with Crippen molar-refractivity contribution in [1.82, 2.24) is 0 Å². The Kier molecular flexibility index (Phi) is 3.38. The van der Waals surface area contributed by atoms with Crippen LogP contribution < -0.4 is 9.64 Å². The van der Waals surface area contributed by atoms with Gasteiger partial charge in [0, 0.05) is 12.1 Å². The fourth-order valence-electron chi connectivity index (χ4n) is 1.91. The van der Waals surface area contributed by atoms with E-state index in [2.05, 4.69) is 6.07 Å². The van der Waals surface area contributed by atoms with Gasteiger partial charge in [0.1, 0.15) is 18.4 Å². The third-order valence-electron chi connectivity index (χ3n) is 2.93.